The molecule has 2 aromatic rings. The fourth-order valence-corrected chi connectivity index (χ4v) is 2.57. The molecule has 1 aromatic heterocycles. The first-order valence-corrected chi connectivity index (χ1v) is 8.12. The molecule has 136 valence electrons. The highest BCUT2D eigenvalue weighted by Crippen LogP contribution is 2.30. The lowest BCUT2D eigenvalue weighted by atomic mass is 10.2. The van der Waals surface area contributed by atoms with Crippen molar-refractivity contribution in [3.8, 4) is 11.3 Å². The van der Waals surface area contributed by atoms with Gasteiger partial charge in [-0.1, -0.05) is 23.2 Å². The van der Waals surface area contributed by atoms with Crippen LogP contribution in [0.5, 0.6) is 0 Å². The lowest BCUT2D eigenvalue weighted by molar-refractivity contribution is -0.144. The molecule has 0 unspecified atom stereocenters. The van der Waals surface area contributed by atoms with Gasteiger partial charge in [-0.2, -0.15) is 13.2 Å². The van der Waals surface area contributed by atoms with E-state index < -0.39 is 18.5 Å². The van der Waals surface area contributed by atoms with Crippen LogP contribution in [0.4, 0.5) is 13.2 Å². The minimum absolute atomic E-state index is 0.00264. The number of carbonyl (C=O) groups excluding carboxylic acids is 1. The minimum Gasteiger partial charge on any atom is -0.441 e. The van der Waals surface area contributed by atoms with Gasteiger partial charge in [-0.05, 0) is 18.2 Å². The molecule has 1 aromatic carbocycles. The number of aryl methyl sites for hydroxylation is 1. The molecule has 2 rings (SSSR count). The van der Waals surface area contributed by atoms with E-state index in [2.05, 4.69) is 4.98 Å². The highest BCUT2D eigenvalue weighted by Gasteiger charge is 2.28. The third-order valence-corrected chi connectivity index (χ3v) is 4.01. The molecular formula is C16H15Cl2F3N2O2. The number of carbonyl (C=O) groups is 1. The van der Waals surface area contributed by atoms with E-state index in [1.54, 1.807) is 18.2 Å². The highest BCUT2D eigenvalue weighted by molar-refractivity contribution is 6.36. The van der Waals surface area contributed by atoms with Gasteiger partial charge < -0.3 is 9.32 Å². The standard InChI is InChI=1S/C16H15Cl2F3N2O2/c1-23(7-6-16(19,20)21)15(24)5-4-14-22-9-13(25-14)11-3-2-10(17)8-12(11)18/h2-3,8-9H,4-7H2,1H3. The second-order valence-electron chi connectivity index (χ2n) is 5.42. The number of rotatable bonds is 6. The van der Waals surface area contributed by atoms with Crippen molar-refractivity contribution in [2.75, 3.05) is 13.6 Å². The zero-order chi connectivity index (χ0) is 18.6. The van der Waals surface area contributed by atoms with Gasteiger partial charge in [-0.15, -0.1) is 0 Å². The zero-order valence-corrected chi connectivity index (χ0v) is 14.8. The Balaban J connectivity index is 1.92. The fraction of sp³-hybridized carbons (Fsp3) is 0.375. The van der Waals surface area contributed by atoms with Gasteiger partial charge in [0.25, 0.3) is 0 Å². The van der Waals surface area contributed by atoms with Crippen LogP contribution in [-0.4, -0.2) is 35.6 Å². The summed E-state index contributed by atoms with van der Waals surface area (Å²) in [6.07, 6.45) is -3.66. The van der Waals surface area contributed by atoms with Gasteiger partial charge in [0, 0.05) is 37.0 Å². The van der Waals surface area contributed by atoms with Crippen LogP contribution in [-0.2, 0) is 11.2 Å². The summed E-state index contributed by atoms with van der Waals surface area (Å²) in [5.74, 6) is 0.321. The summed E-state index contributed by atoms with van der Waals surface area (Å²) in [7, 11) is 1.34. The molecule has 1 amide bonds. The molecular weight excluding hydrogens is 380 g/mol. The summed E-state index contributed by atoms with van der Waals surface area (Å²) in [6, 6.07) is 4.91. The molecule has 0 saturated carbocycles. The molecule has 9 heteroatoms. The molecule has 0 N–H and O–H groups in total. The van der Waals surface area contributed by atoms with E-state index in [1.165, 1.54) is 13.2 Å². The van der Waals surface area contributed by atoms with Crippen LogP contribution in [0.25, 0.3) is 11.3 Å². The molecule has 1 heterocycles. The largest absolute Gasteiger partial charge is 0.441 e. The first kappa shape index (κ1) is 19.6. The van der Waals surface area contributed by atoms with Crippen LogP contribution in [0, 0.1) is 0 Å². The first-order valence-electron chi connectivity index (χ1n) is 7.36. The minimum atomic E-state index is -4.29. The molecule has 0 fully saturated rings. The summed E-state index contributed by atoms with van der Waals surface area (Å²) in [5.41, 5.74) is 0.610. The van der Waals surface area contributed by atoms with Crippen molar-refractivity contribution in [1.82, 2.24) is 9.88 Å². The SMILES string of the molecule is CN(CCC(F)(F)F)C(=O)CCc1ncc(-c2ccc(Cl)cc2Cl)o1. The Morgan fingerprint density at radius 1 is 1.32 bits per heavy atom. The monoisotopic (exact) mass is 394 g/mol. The molecule has 0 atom stereocenters. The van der Waals surface area contributed by atoms with Crippen LogP contribution in [0.3, 0.4) is 0 Å². The Morgan fingerprint density at radius 2 is 2.04 bits per heavy atom. The molecule has 4 nitrogen and oxygen atoms in total. The van der Waals surface area contributed by atoms with Crippen molar-refractivity contribution in [1.29, 1.82) is 0 Å². The van der Waals surface area contributed by atoms with Crippen LogP contribution < -0.4 is 0 Å². The average molecular weight is 395 g/mol. The first-order chi connectivity index (χ1) is 11.7. The zero-order valence-electron chi connectivity index (χ0n) is 13.2. The van der Waals surface area contributed by atoms with Gasteiger partial charge in [0.05, 0.1) is 17.6 Å². The number of halogens is 5. The Labute approximate surface area is 152 Å². The van der Waals surface area contributed by atoms with E-state index in [0.29, 0.717) is 27.3 Å². The van der Waals surface area contributed by atoms with Gasteiger partial charge in [0.15, 0.2) is 11.7 Å². The Kier molecular flexibility index (Phi) is 6.35. The predicted molar refractivity (Wildman–Crippen MR) is 88.6 cm³/mol. The number of alkyl halides is 3. The van der Waals surface area contributed by atoms with Crippen LogP contribution in [0.2, 0.25) is 10.0 Å². The molecule has 0 aliphatic rings. The maximum atomic E-state index is 12.2. The summed E-state index contributed by atoms with van der Waals surface area (Å²) < 4.78 is 42.1. The number of hydrogen-bond acceptors (Lipinski definition) is 3. The summed E-state index contributed by atoms with van der Waals surface area (Å²) >= 11 is 11.9. The van der Waals surface area contributed by atoms with E-state index in [0.717, 1.165) is 4.90 Å². The van der Waals surface area contributed by atoms with Crippen LogP contribution in [0.1, 0.15) is 18.7 Å². The lowest BCUT2D eigenvalue weighted by Gasteiger charge is -2.17. The average Bonchev–Trinajstić information content (AvgIpc) is 2.98. The molecule has 0 radical (unpaired) electrons. The lowest BCUT2D eigenvalue weighted by Crippen LogP contribution is -2.30. The maximum Gasteiger partial charge on any atom is 0.390 e. The van der Waals surface area contributed by atoms with Crippen LogP contribution in [0.15, 0.2) is 28.8 Å². The highest BCUT2D eigenvalue weighted by atomic mass is 35.5. The number of hydrogen-bond donors (Lipinski definition) is 0. The van der Waals surface area contributed by atoms with Gasteiger partial charge in [0.2, 0.25) is 5.91 Å². The molecule has 0 saturated heterocycles. The van der Waals surface area contributed by atoms with Gasteiger partial charge in [-0.3, -0.25) is 4.79 Å². The number of benzene rings is 1. The second kappa shape index (κ2) is 8.10. The van der Waals surface area contributed by atoms with E-state index in [4.69, 9.17) is 27.6 Å². The van der Waals surface area contributed by atoms with Gasteiger partial charge in [-0.25, -0.2) is 4.98 Å². The van der Waals surface area contributed by atoms with Crippen molar-refractivity contribution < 1.29 is 22.4 Å². The summed E-state index contributed by atoms with van der Waals surface area (Å²) in [4.78, 5) is 17.0. The van der Waals surface area contributed by atoms with Gasteiger partial charge >= 0.3 is 6.18 Å². The van der Waals surface area contributed by atoms with Crippen molar-refractivity contribution in [2.24, 2.45) is 0 Å². The van der Waals surface area contributed by atoms with Crippen molar-refractivity contribution in [2.45, 2.75) is 25.4 Å². The number of aromatic nitrogens is 1. The van der Waals surface area contributed by atoms with E-state index in [1.807, 2.05) is 0 Å². The normalized spacial score (nSPS) is 11.6. The van der Waals surface area contributed by atoms with Crippen LogP contribution >= 0.6 is 23.2 Å². The maximum absolute atomic E-state index is 12.2. The van der Waals surface area contributed by atoms with E-state index in [-0.39, 0.29) is 19.4 Å². The molecule has 0 bridgehead atoms. The fourth-order valence-electron chi connectivity index (χ4n) is 2.06. The predicted octanol–water partition coefficient (Wildman–Crippen LogP) is 4.99. The molecule has 25 heavy (non-hydrogen) atoms. The van der Waals surface area contributed by atoms with Crippen molar-refractivity contribution in [3.63, 3.8) is 0 Å². The van der Waals surface area contributed by atoms with Crippen molar-refractivity contribution >= 4 is 29.1 Å². The quantitative estimate of drug-likeness (QED) is 0.692. The van der Waals surface area contributed by atoms with Gasteiger partial charge in [0.1, 0.15) is 0 Å². The Hall–Kier alpha value is -1.73. The third-order valence-electron chi connectivity index (χ3n) is 3.46. The summed E-state index contributed by atoms with van der Waals surface area (Å²) in [5, 5.41) is 0.888. The summed E-state index contributed by atoms with van der Waals surface area (Å²) in [6.45, 7) is -0.375. The van der Waals surface area contributed by atoms with Crippen molar-refractivity contribution in [3.05, 3.63) is 40.3 Å². The number of oxazole rings is 1. The Bertz CT molecular complexity index is 747. The molecule has 0 spiro atoms. The second-order valence-corrected chi connectivity index (χ2v) is 6.27. The smallest absolute Gasteiger partial charge is 0.390 e. The third kappa shape index (κ3) is 5.93. The number of nitrogens with zero attached hydrogens (tertiary/aromatic N) is 2. The molecule has 0 aliphatic carbocycles. The van der Waals surface area contributed by atoms with E-state index >= 15 is 0 Å². The Morgan fingerprint density at radius 3 is 2.68 bits per heavy atom. The topological polar surface area (TPSA) is 46.3 Å². The molecule has 0 aliphatic heterocycles. The van der Waals surface area contributed by atoms with E-state index in [9.17, 15) is 18.0 Å². The number of amides is 1.